The van der Waals surface area contributed by atoms with E-state index in [2.05, 4.69) is 25.8 Å². The molecule has 0 atom stereocenters. The third-order valence-corrected chi connectivity index (χ3v) is 4.42. The number of anilines is 2. The molecule has 2 aromatic carbocycles. The zero-order valence-electron chi connectivity index (χ0n) is 16.8. The number of carbonyl (C=O) groups excluding carboxylic acids is 1. The van der Waals surface area contributed by atoms with Crippen molar-refractivity contribution in [3.05, 3.63) is 48.5 Å². The molecule has 0 saturated carbocycles. The number of nitrogen functional groups attached to an aromatic ring is 1. The Morgan fingerprint density at radius 1 is 1.06 bits per heavy atom. The number of hydrogen-bond donors (Lipinski definition) is 2. The normalized spacial score (nSPS) is 10.6. The Labute approximate surface area is 176 Å². The lowest BCUT2D eigenvalue weighted by atomic mass is 10.2. The van der Waals surface area contributed by atoms with Crippen molar-refractivity contribution in [1.82, 2.24) is 25.1 Å². The largest absolute Gasteiger partial charge is 0.497 e. The average Bonchev–Trinajstić information content (AvgIpc) is 3.41. The van der Waals surface area contributed by atoms with E-state index in [0.717, 1.165) is 5.56 Å². The van der Waals surface area contributed by atoms with Crippen LogP contribution in [-0.2, 0) is 11.3 Å². The molecule has 0 spiro atoms. The van der Waals surface area contributed by atoms with Gasteiger partial charge in [0.25, 0.3) is 5.89 Å². The number of benzene rings is 2. The van der Waals surface area contributed by atoms with Crippen molar-refractivity contribution in [3.63, 3.8) is 0 Å². The zero-order valence-corrected chi connectivity index (χ0v) is 16.8. The van der Waals surface area contributed by atoms with E-state index in [1.165, 1.54) is 4.68 Å². The van der Waals surface area contributed by atoms with Crippen LogP contribution in [0.25, 0.3) is 23.0 Å². The molecule has 0 aliphatic heterocycles. The van der Waals surface area contributed by atoms with Crippen molar-refractivity contribution in [3.8, 4) is 34.5 Å². The number of hydrogen-bond acceptors (Lipinski definition) is 9. The SMILES string of the molecule is COc1ccc(NC(=O)Cn2nnc(-c3nc(-c4ccc(OC)cc4)no3)c2N)cc1. The molecule has 0 saturated heterocycles. The quantitative estimate of drug-likeness (QED) is 0.459. The minimum atomic E-state index is -0.322. The third-order valence-electron chi connectivity index (χ3n) is 4.42. The van der Waals surface area contributed by atoms with Crippen LogP contribution < -0.4 is 20.5 Å². The smallest absolute Gasteiger partial charge is 0.282 e. The molecule has 0 fully saturated rings. The van der Waals surface area contributed by atoms with Gasteiger partial charge in [0.05, 0.1) is 14.2 Å². The van der Waals surface area contributed by atoms with Gasteiger partial charge in [-0.05, 0) is 48.5 Å². The monoisotopic (exact) mass is 421 g/mol. The van der Waals surface area contributed by atoms with E-state index in [9.17, 15) is 4.79 Å². The fourth-order valence-electron chi connectivity index (χ4n) is 2.78. The standard InChI is InChI=1S/C20H19N7O4/c1-29-14-7-3-12(4-8-14)19-23-20(31-25-19)17-18(21)27(26-24-17)11-16(28)22-13-5-9-15(30-2)10-6-13/h3-10H,11,21H2,1-2H3,(H,22,28). The molecule has 4 aromatic rings. The van der Waals surface area contributed by atoms with E-state index >= 15 is 0 Å². The van der Waals surface area contributed by atoms with Gasteiger partial charge in [0.15, 0.2) is 11.5 Å². The average molecular weight is 421 g/mol. The summed E-state index contributed by atoms with van der Waals surface area (Å²) < 4.78 is 16.8. The minimum absolute atomic E-state index is 0.102. The maximum atomic E-state index is 12.3. The molecule has 158 valence electrons. The van der Waals surface area contributed by atoms with E-state index in [1.807, 2.05) is 0 Å². The van der Waals surface area contributed by atoms with Crippen LogP contribution in [0.3, 0.4) is 0 Å². The number of carbonyl (C=O) groups is 1. The highest BCUT2D eigenvalue weighted by Gasteiger charge is 2.20. The number of aromatic nitrogens is 5. The summed E-state index contributed by atoms with van der Waals surface area (Å²) >= 11 is 0. The molecular weight excluding hydrogens is 402 g/mol. The first kappa shape index (κ1) is 19.9. The highest BCUT2D eigenvalue weighted by atomic mass is 16.5. The molecule has 4 rings (SSSR count). The number of ether oxygens (including phenoxy) is 2. The molecule has 2 aromatic heterocycles. The molecule has 0 aliphatic carbocycles. The van der Waals surface area contributed by atoms with E-state index in [-0.39, 0.29) is 29.9 Å². The lowest BCUT2D eigenvalue weighted by molar-refractivity contribution is -0.116. The van der Waals surface area contributed by atoms with Gasteiger partial charge in [-0.15, -0.1) is 5.10 Å². The lowest BCUT2D eigenvalue weighted by Crippen LogP contribution is -2.20. The summed E-state index contributed by atoms with van der Waals surface area (Å²) in [6.45, 7) is -0.135. The summed E-state index contributed by atoms with van der Waals surface area (Å²) in [5.41, 5.74) is 7.65. The molecule has 3 N–H and O–H groups in total. The van der Waals surface area contributed by atoms with Crippen LogP contribution in [0.1, 0.15) is 0 Å². The first-order valence-corrected chi connectivity index (χ1v) is 9.18. The Bertz CT molecular complexity index is 1180. The van der Waals surface area contributed by atoms with Crippen molar-refractivity contribution in [2.45, 2.75) is 6.54 Å². The second-order valence-corrected chi connectivity index (χ2v) is 6.41. The molecule has 2 heterocycles. The second kappa shape index (κ2) is 8.53. The van der Waals surface area contributed by atoms with E-state index < -0.39 is 0 Å². The van der Waals surface area contributed by atoms with Crippen molar-refractivity contribution < 1.29 is 18.8 Å². The maximum Gasteiger partial charge on any atom is 0.282 e. The highest BCUT2D eigenvalue weighted by Crippen LogP contribution is 2.25. The molecule has 11 nitrogen and oxygen atoms in total. The second-order valence-electron chi connectivity index (χ2n) is 6.41. The molecule has 31 heavy (non-hydrogen) atoms. The van der Waals surface area contributed by atoms with Crippen LogP contribution >= 0.6 is 0 Å². The summed E-state index contributed by atoms with van der Waals surface area (Å²) in [5, 5.41) is 14.6. The molecule has 0 aliphatic rings. The van der Waals surface area contributed by atoms with Crippen molar-refractivity contribution in [1.29, 1.82) is 0 Å². The molecule has 1 amide bonds. The van der Waals surface area contributed by atoms with Gasteiger partial charge in [-0.25, -0.2) is 4.68 Å². The summed E-state index contributed by atoms with van der Waals surface area (Å²) in [4.78, 5) is 16.6. The molecule has 11 heteroatoms. The summed E-state index contributed by atoms with van der Waals surface area (Å²) in [6.07, 6.45) is 0. The van der Waals surface area contributed by atoms with Gasteiger partial charge >= 0.3 is 0 Å². The number of amides is 1. The minimum Gasteiger partial charge on any atom is -0.497 e. The number of nitrogens with one attached hydrogen (secondary N) is 1. The van der Waals surface area contributed by atoms with Gasteiger partial charge in [-0.2, -0.15) is 4.98 Å². The first-order chi connectivity index (χ1) is 15.1. The molecular formula is C20H19N7O4. The van der Waals surface area contributed by atoms with Crippen molar-refractivity contribution in [2.75, 3.05) is 25.3 Å². The van der Waals surface area contributed by atoms with Gasteiger partial charge < -0.3 is 25.0 Å². The fourth-order valence-corrected chi connectivity index (χ4v) is 2.78. The first-order valence-electron chi connectivity index (χ1n) is 9.18. The molecule has 0 radical (unpaired) electrons. The maximum absolute atomic E-state index is 12.3. The number of nitrogens with zero attached hydrogens (tertiary/aromatic N) is 5. The van der Waals surface area contributed by atoms with Gasteiger partial charge in [0.1, 0.15) is 18.0 Å². The Morgan fingerprint density at radius 2 is 1.71 bits per heavy atom. The summed E-state index contributed by atoms with van der Waals surface area (Å²) in [5.74, 6) is 1.69. The fraction of sp³-hybridized carbons (Fsp3) is 0.150. The Kier molecular flexibility index (Phi) is 5.47. The van der Waals surface area contributed by atoms with Gasteiger partial charge in [-0.1, -0.05) is 10.4 Å². The van der Waals surface area contributed by atoms with Crippen LogP contribution in [0.5, 0.6) is 11.5 Å². The van der Waals surface area contributed by atoms with Gasteiger partial charge in [0, 0.05) is 11.3 Å². The number of methoxy groups -OCH3 is 2. The van der Waals surface area contributed by atoms with E-state index in [0.29, 0.717) is 23.0 Å². The highest BCUT2D eigenvalue weighted by molar-refractivity contribution is 5.90. The van der Waals surface area contributed by atoms with E-state index in [4.69, 9.17) is 19.7 Å². The number of rotatable bonds is 7. The van der Waals surface area contributed by atoms with E-state index in [1.54, 1.807) is 62.8 Å². The van der Waals surface area contributed by atoms with Crippen LogP contribution in [0.15, 0.2) is 53.1 Å². The predicted octanol–water partition coefficient (Wildman–Crippen LogP) is 2.23. The van der Waals surface area contributed by atoms with Gasteiger partial charge in [0.2, 0.25) is 11.7 Å². The summed E-state index contributed by atoms with van der Waals surface area (Å²) in [7, 11) is 3.16. The Morgan fingerprint density at radius 3 is 2.35 bits per heavy atom. The van der Waals surface area contributed by atoms with Crippen LogP contribution in [0.4, 0.5) is 11.5 Å². The lowest BCUT2D eigenvalue weighted by Gasteiger charge is -2.07. The van der Waals surface area contributed by atoms with Crippen molar-refractivity contribution >= 4 is 17.4 Å². The Hall–Kier alpha value is -4.41. The molecule has 0 unspecified atom stereocenters. The summed E-state index contributed by atoms with van der Waals surface area (Å²) in [6, 6.07) is 14.1. The topological polar surface area (TPSA) is 143 Å². The predicted molar refractivity (Wildman–Crippen MR) is 111 cm³/mol. The Balaban J connectivity index is 1.46. The molecule has 0 bridgehead atoms. The van der Waals surface area contributed by atoms with Crippen molar-refractivity contribution in [2.24, 2.45) is 0 Å². The van der Waals surface area contributed by atoms with Crippen LogP contribution in [0, 0.1) is 0 Å². The third kappa shape index (κ3) is 4.29. The zero-order chi connectivity index (χ0) is 21.8. The van der Waals surface area contributed by atoms with Crippen LogP contribution in [-0.4, -0.2) is 45.3 Å². The van der Waals surface area contributed by atoms with Gasteiger partial charge in [-0.3, -0.25) is 4.79 Å². The number of nitrogens with two attached hydrogens (primary N) is 1. The van der Waals surface area contributed by atoms with Crippen LogP contribution in [0.2, 0.25) is 0 Å².